The zero-order chi connectivity index (χ0) is 13.7. The summed E-state index contributed by atoms with van der Waals surface area (Å²) in [7, 11) is 0. The second-order valence-corrected chi connectivity index (χ2v) is 6.12. The van der Waals surface area contributed by atoms with Gasteiger partial charge in [0.2, 0.25) is 5.91 Å². The van der Waals surface area contributed by atoms with E-state index in [-0.39, 0.29) is 24.0 Å². The van der Waals surface area contributed by atoms with Gasteiger partial charge in [0.1, 0.15) is 0 Å². The van der Waals surface area contributed by atoms with Gasteiger partial charge in [-0.1, -0.05) is 25.7 Å². The Kier molecular flexibility index (Phi) is 4.66. The summed E-state index contributed by atoms with van der Waals surface area (Å²) in [6.45, 7) is 2.18. The highest BCUT2D eigenvalue weighted by atomic mass is 16.2. The predicted octanol–water partition coefficient (Wildman–Crippen LogP) is 1.68. The second-order valence-electron chi connectivity index (χ2n) is 6.12. The summed E-state index contributed by atoms with van der Waals surface area (Å²) in [4.78, 5) is 23.3. The molecule has 2 rings (SSSR count). The van der Waals surface area contributed by atoms with Crippen LogP contribution in [0.25, 0.3) is 0 Å². The summed E-state index contributed by atoms with van der Waals surface area (Å²) in [6, 6.07) is 0.0890. The van der Waals surface area contributed by atoms with Gasteiger partial charge in [0.05, 0.1) is 6.54 Å². The molecule has 0 aromatic carbocycles. The van der Waals surface area contributed by atoms with Gasteiger partial charge < -0.3 is 16.0 Å². The minimum atomic E-state index is -0.233. The molecular formula is C14H25N3O2. The first-order chi connectivity index (χ1) is 9.07. The maximum Gasteiger partial charge on any atom is 0.315 e. The Morgan fingerprint density at radius 1 is 1.11 bits per heavy atom. The fourth-order valence-electron chi connectivity index (χ4n) is 2.64. The molecule has 0 bridgehead atoms. The summed E-state index contributed by atoms with van der Waals surface area (Å²) < 4.78 is 0. The third-order valence-electron chi connectivity index (χ3n) is 3.97. The van der Waals surface area contributed by atoms with Crippen molar-refractivity contribution in [2.75, 3.05) is 6.54 Å². The van der Waals surface area contributed by atoms with Crippen molar-refractivity contribution in [2.45, 2.75) is 69.9 Å². The van der Waals surface area contributed by atoms with Gasteiger partial charge in [0.25, 0.3) is 0 Å². The monoisotopic (exact) mass is 267 g/mol. The van der Waals surface area contributed by atoms with E-state index in [1.54, 1.807) is 0 Å². The van der Waals surface area contributed by atoms with E-state index in [2.05, 4.69) is 22.9 Å². The van der Waals surface area contributed by atoms with Crippen LogP contribution < -0.4 is 16.0 Å². The molecule has 3 amide bonds. The van der Waals surface area contributed by atoms with Gasteiger partial charge in [-0.2, -0.15) is 0 Å². The molecule has 0 aromatic rings. The van der Waals surface area contributed by atoms with Gasteiger partial charge in [0.15, 0.2) is 0 Å². The van der Waals surface area contributed by atoms with E-state index in [1.807, 2.05) is 0 Å². The lowest BCUT2D eigenvalue weighted by Crippen LogP contribution is -2.50. The summed E-state index contributed by atoms with van der Waals surface area (Å²) in [6.07, 6.45) is 9.04. The first-order valence-electron chi connectivity index (χ1n) is 7.43. The third kappa shape index (κ3) is 5.09. The summed E-state index contributed by atoms with van der Waals surface area (Å²) in [5.74, 6) is -0.0876. The molecule has 0 aliphatic heterocycles. The van der Waals surface area contributed by atoms with Crippen LogP contribution in [0.3, 0.4) is 0 Å². The van der Waals surface area contributed by atoms with Gasteiger partial charge in [-0.05, 0) is 32.6 Å². The van der Waals surface area contributed by atoms with Crippen LogP contribution in [0.5, 0.6) is 0 Å². The number of carbonyl (C=O) groups excluding carboxylic acids is 2. The SMILES string of the molecule is CC1(NC(=O)CNC(=O)NC2CC2)CCCCCC1. The van der Waals surface area contributed by atoms with Gasteiger partial charge in [-0.3, -0.25) is 4.79 Å². The number of amides is 3. The van der Waals surface area contributed by atoms with Crippen LogP contribution in [0.4, 0.5) is 4.79 Å². The Morgan fingerprint density at radius 2 is 1.74 bits per heavy atom. The fraction of sp³-hybridized carbons (Fsp3) is 0.857. The number of carbonyl (C=O) groups is 2. The molecule has 5 heteroatoms. The molecule has 2 aliphatic carbocycles. The Morgan fingerprint density at radius 3 is 2.32 bits per heavy atom. The summed E-state index contributed by atoms with van der Waals surface area (Å²) in [5, 5.41) is 8.49. The van der Waals surface area contributed by atoms with Crippen molar-refractivity contribution in [2.24, 2.45) is 0 Å². The summed E-state index contributed by atoms with van der Waals surface area (Å²) in [5.41, 5.74) is -0.0950. The predicted molar refractivity (Wildman–Crippen MR) is 73.8 cm³/mol. The van der Waals surface area contributed by atoms with Crippen molar-refractivity contribution in [3.05, 3.63) is 0 Å². The zero-order valence-corrected chi connectivity index (χ0v) is 11.8. The number of rotatable bonds is 4. The molecule has 108 valence electrons. The summed E-state index contributed by atoms with van der Waals surface area (Å²) >= 11 is 0. The molecule has 0 atom stereocenters. The van der Waals surface area contributed by atoms with Gasteiger partial charge >= 0.3 is 6.03 Å². The topological polar surface area (TPSA) is 70.2 Å². The second kappa shape index (κ2) is 6.26. The molecule has 0 aromatic heterocycles. The van der Waals surface area contributed by atoms with Crippen LogP contribution in [0.15, 0.2) is 0 Å². The fourth-order valence-corrected chi connectivity index (χ4v) is 2.64. The van der Waals surface area contributed by atoms with Crippen LogP contribution in [0, 0.1) is 0 Å². The van der Waals surface area contributed by atoms with Crippen molar-refractivity contribution in [1.82, 2.24) is 16.0 Å². The Hall–Kier alpha value is -1.26. The van der Waals surface area contributed by atoms with Gasteiger partial charge in [0, 0.05) is 11.6 Å². The highest BCUT2D eigenvalue weighted by Gasteiger charge is 2.27. The zero-order valence-electron chi connectivity index (χ0n) is 11.8. The lowest BCUT2D eigenvalue weighted by Gasteiger charge is -2.29. The first-order valence-corrected chi connectivity index (χ1v) is 7.43. The standard InChI is InChI=1S/C14H25N3O2/c1-14(8-4-2-3-5-9-14)17-12(18)10-15-13(19)16-11-6-7-11/h11H,2-10H2,1H3,(H,17,18)(H2,15,16,19). The first kappa shape index (κ1) is 14.2. The van der Waals surface area contributed by atoms with Crippen LogP contribution in [-0.4, -0.2) is 30.1 Å². The van der Waals surface area contributed by atoms with Crippen molar-refractivity contribution < 1.29 is 9.59 Å². The van der Waals surface area contributed by atoms with Gasteiger partial charge in [-0.15, -0.1) is 0 Å². The largest absolute Gasteiger partial charge is 0.349 e. The molecule has 0 heterocycles. The molecule has 2 saturated carbocycles. The van der Waals surface area contributed by atoms with E-state index in [0.29, 0.717) is 6.04 Å². The minimum absolute atomic E-state index is 0.0636. The van der Waals surface area contributed by atoms with Crippen molar-refractivity contribution >= 4 is 11.9 Å². The van der Waals surface area contributed by atoms with E-state index in [0.717, 1.165) is 25.7 Å². The number of hydrogen-bond donors (Lipinski definition) is 3. The molecule has 3 N–H and O–H groups in total. The van der Waals surface area contributed by atoms with Crippen LogP contribution in [-0.2, 0) is 4.79 Å². The average molecular weight is 267 g/mol. The van der Waals surface area contributed by atoms with Crippen molar-refractivity contribution in [1.29, 1.82) is 0 Å². The number of urea groups is 1. The molecule has 0 unspecified atom stereocenters. The maximum absolute atomic E-state index is 11.9. The smallest absolute Gasteiger partial charge is 0.315 e. The van der Waals surface area contributed by atoms with E-state index >= 15 is 0 Å². The van der Waals surface area contributed by atoms with Crippen LogP contribution in [0.1, 0.15) is 58.3 Å². The highest BCUT2D eigenvalue weighted by molar-refractivity contribution is 5.84. The maximum atomic E-state index is 11.9. The Balaban J connectivity index is 1.68. The van der Waals surface area contributed by atoms with Crippen molar-refractivity contribution in [3.8, 4) is 0 Å². The Labute approximate surface area is 114 Å². The molecule has 5 nitrogen and oxygen atoms in total. The number of hydrogen-bond acceptors (Lipinski definition) is 2. The van der Waals surface area contributed by atoms with Crippen molar-refractivity contribution in [3.63, 3.8) is 0 Å². The molecule has 0 spiro atoms. The van der Waals surface area contributed by atoms with E-state index in [1.165, 1.54) is 25.7 Å². The quantitative estimate of drug-likeness (QED) is 0.678. The number of nitrogens with one attached hydrogen (secondary N) is 3. The molecule has 19 heavy (non-hydrogen) atoms. The van der Waals surface area contributed by atoms with Crippen LogP contribution >= 0.6 is 0 Å². The van der Waals surface area contributed by atoms with E-state index in [4.69, 9.17) is 0 Å². The molecule has 0 radical (unpaired) electrons. The highest BCUT2D eigenvalue weighted by Crippen LogP contribution is 2.26. The normalized spacial score (nSPS) is 22.2. The minimum Gasteiger partial charge on any atom is -0.349 e. The third-order valence-corrected chi connectivity index (χ3v) is 3.97. The molecule has 0 saturated heterocycles. The Bertz CT molecular complexity index is 332. The average Bonchev–Trinajstić information content (AvgIpc) is 3.15. The lowest BCUT2D eigenvalue weighted by atomic mass is 9.92. The molecule has 2 fully saturated rings. The van der Waals surface area contributed by atoms with Crippen LogP contribution in [0.2, 0.25) is 0 Å². The molecular weight excluding hydrogens is 242 g/mol. The molecule has 2 aliphatic rings. The van der Waals surface area contributed by atoms with E-state index < -0.39 is 0 Å². The lowest BCUT2D eigenvalue weighted by molar-refractivity contribution is -0.122. The van der Waals surface area contributed by atoms with E-state index in [9.17, 15) is 9.59 Å². The van der Waals surface area contributed by atoms with Gasteiger partial charge in [-0.25, -0.2) is 4.79 Å².